The second-order valence-electron chi connectivity index (χ2n) is 7.51. The smallest absolute Gasteiger partial charge is 0.223 e. The van der Waals surface area contributed by atoms with E-state index >= 15 is 0 Å². The summed E-state index contributed by atoms with van der Waals surface area (Å²) < 4.78 is 11.2. The number of halogens is 1. The van der Waals surface area contributed by atoms with E-state index in [1.807, 2.05) is 29.2 Å². The van der Waals surface area contributed by atoms with E-state index in [9.17, 15) is 4.79 Å². The summed E-state index contributed by atoms with van der Waals surface area (Å²) in [7, 11) is 0. The maximum atomic E-state index is 12.6. The molecule has 1 amide bonds. The minimum absolute atomic E-state index is 0.182. The van der Waals surface area contributed by atoms with E-state index in [0.29, 0.717) is 35.4 Å². The number of likely N-dealkylation sites (tertiary alicyclic amines) is 1. The number of hydrogen-bond donors (Lipinski definition) is 0. The van der Waals surface area contributed by atoms with Gasteiger partial charge >= 0.3 is 0 Å². The van der Waals surface area contributed by atoms with Gasteiger partial charge in [-0.25, -0.2) is 4.98 Å². The molecule has 150 valence electrons. The average Bonchev–Trinajstić information content (AvgIpc) is 3.37. The summed E-state index contributed by atoms with van der Waals surface area (Å²) in [5.41, 5.74) is 0.819. The van der Waals surface area contributed by atoms with E-state index in [4.69, 9.17) is 20.8 Å². The van der Waals surface area contributed by atoms with E-state index in [2.05, 4.69) is 9.88 Å². The first-order valence-electron chi connectivity index (χ1n) is 9.96. The number of carbonyl (C=O) groups excluding carboxylic acids is 1. The van der Waals surface area contributed by atoms with Gasteiger partial charge in [0.05, 0.1) is 24.4 Å². The van der Waals surface area contributed by atoms with Crippen LogP contribution in [0.1, 0.15) is 18.7 Å². The van der Waals surface area contributed by atoms with Gasteiger partial charge in [0.1, 0.15) is 0 Å². The van der Waals surface area contributed by atoms with Gasteiger partial charge in [0, 0.05) is 51.1 Å². The van der Waals surface area contributed by atoms with Crippen molar-refractivity contribution in [3.8, 4) is 11.3 Å². The molecular weight excluding hydrogens is 378 g/mol. The molecule has 4 rings (SSSR count). The number of morpholine rings is 1. The van der Waals surface area contributed by atoms with Crippen molar-refractivity contribution in [3.63, 3.8) is 0 Å². The number of rotatable bonds is 6. The lowest BCUT2D eigenvalue weighted by Gasteiger charge is -2.29. The third kappa shape index (κ3) is 4.74. The molecule has 1 aromatic heterocycles. The highest BCUT2D eigenvalue weighted by Crippen LogP contribution is 2.28. The van der Waals surface area contributed by atoms with Crippen molar-refractivity contribution in [3.05, 3.63) is 41.4 Å². The van der Waals surface area contributed by atoms with Gasteiger partial charge in [-0.3, -0.25) is 9.69 Å². The molecular formula is C21H26ClN3O3. The fourth-order valence-corrected chi connectivity index (χ4v) is 4.17. The molecule has 3 heterocycles. The van der Waals surface area contributed by atoms with Crippen LogP contribution in [-0.4, -0.2) is 66.6 Å². The standard InChI is InChI=1S/C21H26ClN3O3/c22-18-4-2-1-3-17(18)19-13-23-20(28-19)5-6-21(26)25-8-7-16(15-25)14-24-9-11-27-12-10-24/h1-4,13,16H,5-12,14-15H2. The predicted octanol–water partition coefficient (Wildman–Crippen LogP) is 3.11. The maximum absolute atomic E-state index is 12.6. The van der Waals surface area contributed by atoms with Crippen LogP contribution in [0.3, 0.4) is 0 Å². The van der Waals surface area contributed by atoms with Gasteiger partial charge in [-0.05, 0) is 24.5 Å². The highest BCUT2D eigenvalue weighted by Gasteiger charge is 2.28. The van der Waals surface area contributed by atoms with Crippen LogP contribution in [0.2, 0.25) is 5.02 Å². The molecule has 6 nitrogen and oxygen atoms in total. The lowest BCUT2D eigenvalue weighted by Crippen LogP contribution is -2.40. The Kier molecular flexibility index (Phi) is 6.29. The predicted molar refractivity (Wildman–Crippen MR) is 107 cm³/mol. The summed E-state index contributed by atoms with van der Waals surface area (Å²) in [5.74, 6) is 1.96. The third-order valence-electron chi connectivity index (χ3n) is 5.50. The molecule has 1 unspecified atom stereocenters. The molecule has 0 saturated carbocycles. The molecule has 1 atom stereocenters. The average molecular weight is 404 g/mol. The van der Waals surface area contributed by atoms with E-state index in [1.54, 1.807) is 6.20 Å². The number of nitrogens with zero attached hydrogens (tertiary/aromatic N) is 3. The lowest BCUT2D eigenvalue weighted by atomic mass is 10.1. The number of aryl methyl sites for hydroxylation is 1. The number of benzene rings is 1. The maximum Gasteiger partial charge on any atom is 0.223 e. The highest BCUT2D eigenvalue weighted by molar-refractivity contribution is 6.33. The molecule has 0 aliphatic carbocycles. The molecule has 0 spiro atoms. The molecule has 0 radical (unpaired) electrons. The van der Waals surface area contributed by atoms with Crippen LogP contribution in [-0.2, 0) is 16.0 Å². The van der Waals surface area contributed by atoms with Crippen LogP contribution in [0, 0.1) is 5.92 Å². The minimum Gasteiger partial charge on any atom is -0.441 e. The van der Waals surface area contributed by atoms with Gasteiger partial charge in [-0.1, -0.05) is 23.7 Å². The number of carbonyl (C=O) groups is 1. The van der Waals surface area contributed by atoms with Gasteiger partial charge < -0.3 is 14.1 Å². The summed E-state index contributed by atoms with van der Waals surface area (Å²) in [5, 5.41) is 0.629. The number of oxazole rings is 1. The van der Waals surface area contributed by atoms with E-state index in [-0.39, 0.29) is 5.91 Å². The first-order valence-corrected chi connectivity index (χ1v) is 10.3. The fraction of sp³-hybridized carbons (Fsp3) is 0.524. The highest BCUT2D eigenvalue weighted by atomic mass is 35.5. The largest absolute Gasteiger partial charge is 0.441 e. The summed E-state index contributed by atoms with van der Waals surface area (Å²) in [6.07, 6.45) is 3.69. The summed E-state index contributed by atoms with van der Waals surface area (Å²) in [6, 6.07) is 7.51. The van der Waals surface area contributed by atoms with E-state index < -0.39 is 0 Å². The molecule has 2 aromatic rings. The summed E-state index contributed by atoms with van der Waals surface area (Å²) in [6.45, 7) is 6.42. The van der Waals surface area contributed by atoms with Crippen molar-refractivity contribution in [1.29, 1.82) is 0 Å². The fourth-order valence-electron chi connectivity index (χ4n) is 3.94. The summed E-state index contributed by atoms with van der Waals surface area (Å²) in [4.78, 5) is 21.3. The minimum atomic E-state index is 0.182. The van der Waals surface area contributed by atoms with Crippen molar-refractivity contribution in [1.82, 2.24) is 14.8 Å². The van der Waals surface area contributed by atoms with Gasteiger partial charge in [0.15, 0.2) is 11.7 Å². The Hall–Kier alpha value is -1.89. The molecule has 2 aliphatic heterocycles. The molecule has 2 saturated heterocycles. The Balaban J connectivity index is 1.25. The van der Waals surface area contributed by atoms with Crippen molar-refractivity contribution in [2.24, 2.45) is 5.92 Å². The molecule has 28 heavy (non-hydrogen) atoms. The number of ether oxygens (including phenoxy) is 1. The Morgan fingerprint density at radius 1 is 1.21 bits per heavy atom. The second-order valence-corrected chi connectivity index (χ2v) is 7.91. The summed E-state index contributed by atoms with van der Waals surface area (Å²) >= 11 is 6.21. The molecule has 0 N–H and O–H groups in total. The second kappa shape index (κ2) is 9.07. The zero-order chi connectivity index (χ0) is 19.3. The quantitative estimate of drug-likeness (QED) is 0.741. The van der Waals surface area contributed by atoms with E-state index in [1.165, 1.54) is 0 Å². The first kappa shape index (κ1) is 19.4. The Bertz CT molecular complexity index is 804. The first-order chi connectivity index (χ1) is 13.7. The molecule has 0 bridgehead atoms. The Morgan fingerprint density at radius 3 is 2.86 bits per heavy atom. The van der Waals surface area contributed by atoms with Crippen LogP contribution < -0.4 is 0 Å². The molecule has 2 fully saturated rings. The zero-order valence-electron chi connectivity index (χ0n) is 16.0. The van der Waals surface area contributed by atoms with Crippen LogP contribution >= 0.6 is 11.6 Å². The van der Waals surface area contributed by atoms with Gasteiger partial charge in [-0.15, -0.1) is 0 Å². The topological polar surface area (TPSA) is 58.8 Å². The molecule has 1 aromatic carbocycles. The monoisotopic (exact) mass is 403 g/mol. The lowest BCUT2D eigenvalue weighted by molar-refractivity contribution is -0.130. The normalized spacial score (nSPS) is 20.6. The van der Waals surface area contributed by atoms with Crippen LogP contribution in [0.15, 0.2) is 34.9 Å². The zero-order valence-corrected chi connectivity index (χ0v) is 16.7. The van der Waals surface area contributed by atoms with Crippen LogP contribution in [0.4, 0.5) is 0 Å². The van der Waals surface area contributed by atoms with Crippen molar-refractivity contribution in [2.75, 3.05) is 45.9 Å². The molecule has 7 heteroatoms. The van der Waals surface area contributed by atoms with Crippen molar-refractivity contribution < 1.29 is 13.9 Å². The molecule has 2 aliphatic rings. The van der Waals surface area contributed by atoms with Crippen molar-refractivity contribution >= 4 is 17.5 Å². The van der Waals surface area contributed by atoms with Gasteiger partial charge in [0.25, 0.3) is 0 Å². The third-order valence-corrected chi connectivity index (χ3v) is 5.83. The Morgan fingerprint density at radius 2 is 2.04 bits per heavy atom. The van der Waals surface area contributed by atoms with E-state index in [0.717, 1.165) is 57.9 Å². The van der Waals surface area contributed by atoms with Crippen molar-refractivity contribution in [2.45, 2.75) is 19.3 Å². The number of aromatic nitrogens is 1. The Labute approximate surface area is 170 Å². The van der Waals surface area contributed by atoms with Gasteiger partial charge in [-0.2, -0.15) is 0 Å². The number of amides is 1. The van der Waals surface area contributed by atoms with Gasteiger partial charge in [0.2, 0.25) is 5.91 Å². The SMILES string of the molecule is O=C(CCc1ncc(-c2ccccc2Cl)o1)N1CCC(CN2CCOCC2)C1. The van der Waals surface area contributed by atoms with Crippen LogP contribution in [0.25, 0.3) is 11.3 Å². The number of hydrogen-bond acceptors (Lipinski definition) is 5. The van der Waals surface area contributed by atoms with Crippen LogP contribution in [0.5, 0.6) is 0 Å².